The van der Waals surface area contributed by atoms with Crippen molar-refractivity contribution < 1.29 is 23.5 Å². The van der Waals surface area contributed by atoms with Crippen LogP contribution in [-0.4, -0.2) is 25.6 Å². The molecule has 0 aliphatic carbocycles. The monoisotopic (exact) mass is 351 g/mol. The smallest absolute Gasteiger partial charge is 0.341 e. The van der Waals surface area contributed by atoms with Gasteiger partial charge >= 0.3 is 5.97 Å². The van der Waals surface area contributed by atoms with Gasteiger partial charge in [0.1, 0.15) is 17.1 Å². The van der Waals surface area contributed by atoms with E-state index >= 15 is 0 Å². The molecule has 7 heteroatoms. The molecule has 24 heavy (non-hydrogen) atoms. The minimum atomic E-state index is -0.603. The highest BCUT2D eigenvalue weighted by molar-refractivity contribution is 6.30. The Hall–Kier alpha value is -2.60. The number of carbonyl (C=O) groups excluding carboxylic acids is 2. The van der Waals surface area contributed by atoms with E-state index in [9.17, 15) is 14.0 Å². The van der Waals surface area contributed by atoms with Crippen LogP contribution in [0.15, 0.2) is 42.5 Å². The highest BCUT2D eigenvalue weighted by atomic mass is 35.5. The molecular weight excluding hydrogens is 337 g/mol. The second kappa shape index (κ2) is 8.31. The van der Waals surface area contributed by atoms with Crippen LogP contribution in [0, 0.1) is 5.82 Å². The van der Waals surface area contributed by atoms with Gasteiger partial charge in [0.05, 0.1) is 7.11 Å². The molecule has 0 unspecified atom stereocenters. The molecule has 0 atom stereocenters. The minimum Gasteiger partial charge on any atom is -0.483 e. The first-order chi connectivity index (χ1) is 11.5. The van der Waals surface area contributed by atoms with Crippen molar-refractivity contribution in [3.05, 3.63) is 64.4 Å². The second-order valence-corrected chi connectivity index (χ2v) is 5.23. The predicted molar refractivity (Wildman–Crippen MR) is 86.5 cm³/mol. The van der Waals surface area contributed by atoms with Crippen molar-refractivity contribution >= 4 is 23.5 Å². The van der Waals surface area contributed by atoms with E-state index in [1.165, 1.54) is 31.4 Å². The van der Waals surface area contributed by atoms with Gasteiger partial charge in [-0.05, 0) is 24.3 Å². The fourth-order valence-corrected chi connectivity index (χ4v) is 2.09. The molecule has 0 saturated heterocycles. The van der Waals surface area contributed by atoms with Crippen LogP contribution in [0.25, 0.3) is 0 Å². The van der Waals surface area contributed by atoms with Crippen molar-refractivity contribution in [2.75, 3.05) is 13.7 Å². The Morgan fingerprint density at radius 3 is 2.67 bits per heavy atom. The van der Waals surface area contributed by atoms with E-state index in [1.807, 2.05) is 0 Å². The van der Waals surface area contributed by atoms with E-state index < -0.39 is 17.7 Å². The molecule has 5 nitrogen and oxygen atoms in total. The van der Waals surface area contributed by atoms with Gasteiger partial charge in [0.25, 0.3) is 5.91 Å². The Labute approximate surface area is 143 Å². The zero-order valence-electron chi connectivity index (χ0n) is 12.8. The Morgan fingerprint density at radius 1 is 1.21 bits per heavy atom. The predicted octanol–water partition coefficient (Wildman–Crippen LogP) is 2.96. The van der Waals surface area contributed by atoms with E-state index in [1.54, 1.807) is 18.2 Å². The summed E-state index contributed by atoms with van der Waals surface area (Å²) in [6.07, 6.45) is 0. The Morgan fingerprint density at radius 2 is 1.96 bits per heavy atom. The van der Waals surface area contributed by atoms with Gasteiger partial charge in [-0.25, -0.2) is 9.18 Å². The van der Waals surface area contributed by atoms with Gasteiger partial charge in [-0.3, -0.25) is 4.79 Å². The highest BCUT2D eigenvalue weighted by Crippen LogP contribution is 2.24. The first kappa shape index (κ1) is 17.7. The zero-order valence-corrected chi connectivity index (χ0v) is 13.6. The van der Waals surface area contributed by atoms with Crippen LogP contribution in [0.2, 0.25) is 5.02 Å². The molecule has 0 heterocycles. The molecule has 0 aromatic heterocycles. The van der Waals surface area contributed by atoms with E-state index in [4.69, 9.17) is 16.3 Å². The summed E-state index contributed by atoms with van der Waals surface area (Å²) < 4.78 is 23.4. The minimum absolute atomic E-state index is 0.0360. The summed E-state index contributed by atoms with van der Waals surface area (Å²) in [7, 11) is 1.24. The average molecular weight is 352 g/mol. The number of amides is 1. The summed E-state index contributed by atoms with van der Waals surface area (Å²) in [6, 6.07) is 10.5. The molecule has 0 aliphatic rings. The van der Waals surface area contributed by atoms with E-state index in [2.05, 4.69) is 10.1 Å². The molecule has 2 rings (SSSR count). The van der Waals surface area contributed by atoms with E-state index in [-0.39, 0.29) is 24.5 Å². The number of rotatable bonds is 6. The molecule has 126 valence electrons. The number of hydrogen-bond donors (Lipinski definition) is 1. The average Bonchev–Trinajstić information content (AvgIpc) is 2.58. The maximum atomic E-state index is 13.5. The van der Waals surface area contributed by atoms with Crippen LogP contribution in [0.5, 0.6) is 5.75 Å². The van der Waals surface area contributed by atoms with Crippen molar-refractivity contribution in [2.24, 2.45) is 0 Å². The maximum Gasteiger partial charge on any atom is 0.341 e. The largest absolute Gasteiger partial charge is 0.483 e. The van der Waals surface area contributed by atoms with Crippen LogP contribution < -0.4 is 10.1 Å². The van der Waals surface area contributed by atoms with Crippen molar-refractivity contribution in [3.63, 3.8) is 0 Å². The molecule has 2 aromatic carbocycles. The summed E-state index contributed by atoms with van der Waals surface area (Å²) in [6.45, 7) is -0.312. The fraction of sp³-hybridized carbons (Fsp3) is 0.176. The molecule has 0 aliphatic heterocycles. The first-order valence-corrected chi connectivity index (χ1v) is 7.40. The summed E-state index contributed by atoms with van der Waals surface area (Å²) in [5, 5.41) is 2.89. The van der Waals surface area contributed by atoms with Gasteiger partial charge in [-0.2, -0.15) is 0 Å². The third-order valence-corrected chi connectivity index (χ3v) is 3.38. The number of carbonyl (C=O) groups is 2. The van der Waals surface area contributed by atoms with Crippen LogP contribution in [0.3, 0.4) is 0 Å². The quantitative estimate of drug-likeness (QED) is 0.813. The number of methoxy groups -OCH3 is 1. The molecular formula is C17H15ClFNO4. The van der Waals surface area contributed by atoms with Crippen LogP contribution in [0.1, 0.15) is 15.9 Å². The lowest BCUT2D eigenvalue weighted by Gasteiger charge is -2.11. The fourth-order valence-electron chi connectivity index (χ4n) is 1.92. The standard InChI is InChI=1S/C17H15ClFNO4/c1-23-17(22)13-7-6-12(18)8-15(13)24-10-16(21)20-9-11-4-2-3-5-14(11)19/h2-8H,9-10H2,1H3,(H,20,21). The molecule has 2 aromatic rings. The van der Waals surface area contributed by atoms with Crippen molar-refractivity contribution in [3.8, 4) is 5.75 Å². The highest BCUT2D eigenvalue weighted by Gasteiger charge is 2.15. The number of nitrogens with one attached hydrogen (secondary N) is 1. The number of benzene rings is 2. The number of ether oxygens (including phenoxy) is 2. The molecule has 0 spiro atoms. The summed E-state index contributed by atoms with van der Waals surface area (Å²) in [4.78, 5) is 23.5. The third-order valence-electron chi connectivity index (χ3n) is 3.14. The SMILES string of the molecule is COC(=O)c1ccc(Cl)cc1OCC(=O)NCc1ccccc1F. The third kappa shape index (κ3) is 4.70. The number of halogens is 2. The second-order valence-electron chi connectivity index (χ2n) is 4.79. The van der Waals surface area contributed by atoms with Gasteiger partial charge in [0.2, 0.25) is 0 Å². The van der Waals surface area contributed by atoms with E-state index in [0.717, 1.165) is 0 Å². The summed E-state index contributed by atoms with van der Waals surface area (Å²) in [5.74, 6) is -1.33. The van der Waals surface area contributed by atoms with Crippen molar-refractivity contribution in [1.82, 2.24) is 5.32 Å². The lowest BCUT2D eigenvalue weighted by molar-refractivity contribution is -0.123. The lowest BCUT2D eigenvalue weighted by Crippen LogP contribution is -2.29. The first-order valence-electron chi connectivity index (χ1n) is 7.02. The van der Waals surface area contributed by atoms with Gasteiger partial charge < -0.3 is 14.8 Å². The van der Waals surface area contributed by atoms with Crippen molar-refractivity contribution in [1.29, 1.82) is 0 Å². The number of esters is 1. The van der Waals surface area contributed by atoms with Gasteiger partial charge in [-0.1, -0.05) is 29.8 Å². The topological polar surface area (TPSA) is 64.6 Å². The number of hydrogen-bond acceptors (Lipinski definition) is 4. The van der Waals surface area contributed by atoms with Gasteiger partial charge in [-0.15, -0.1) is 0 Å². The van der Waals surface area contributed by atoms with Crippen molar-refractivity contribution in [2.45, 2.75) is 6.54 Å². The molecule has 0 bridgehead atoms. The Balaban J connectivity index is 1.95. The summed E-state index contributed by atoms with van der Waals surface area (Å²) in [5.41, 5.74) is 0.521. The Kier molecular flexibility index (Phi) is 6.14. The van der Waals surface area contributed by atoms with E-state index in [0.29, 0.717) is 10.6 Å². The Bertz CT molecular complexity index is 751. The van der Waals surface area contributed by atoms with Crippen LogP contribution in [0.4, 0.5) is 4.39 Å². The maximum absolute atomic E-state index is 13.5. The lowest BCUT2D eigenvalue weighted by atomic mass is 10.2. The molecule has 1 amide bonds. The van der Waals surface area contributed by atoms with Crippen LogP contribution >= 0.6 is 11.6 Å². The van der Waals surface area contributed by atoms with Crippen LogP contribution in [-0.2, 0) is 16.1 Å². The van der Waals surface area contributed by atoms with Gasteiger partial charge in [0, 0.05) is 17.1 Å². The molecule has 0 saturated carbocycles. The zero-order chi connectivity index (χ0) is 17.5. The summed E-state index contributed by atoms with van der Waals surface area (Å²) >= 11 is 5.86. The molecule has 0 radical (unpaired) electrons. The molecule has 1 N–H and O–H groups in total. The normalized spacial score (nSPS) is 10.1. The van der Waals surface area contributed by atoms with Gasteiger partial charge in [0.15, 0.2) is 6.61 Å². The molecule has 0 fully saturated rings.